The molecule has 1 N–H and O–H groups in total. The molecule has 0 amide bonds. The molecule has 98 valence electrons. The van der Waals surface area contributed by atoms with Crippen LogP contribution in [0.1, 0.15) is 44.9 Å². The molecule has 0 aliphatic heterocycles. The van der Waals surface area contributed by atoms with Crippen molar-refractivity contribution in [1.29, 1.82) is 0 Å². The van der Waals surface area contributed by atoms with Crippen molar-refractivity contribution in [2.45, 2.75) is 51.0 Å². The monoisotopic (exact) mass is 238 g/mol. The fraction of sp³-hybridized carbons (Fsp3) is 1.00. The second kappa shape index (κ2) is 4.89. The van der Waals surface area contributed by atoms with E-state index in [0.717, 1.165) is 43.1 Å². The third-order valence-electron chi connectivity index (χ3n) is 5.59. The maximum absolute atomic E-state index is 10.5. The largest absolute Gasteiger partial charge is 0.393 e. The van der Waals surface area contributed by atoms with Gasteiger partial charge in [-0.15, -0.1) is 0 Å². The highest BCUT2D eigenvalue weighted by Gasteiger charge is 2.49. The van der Waals surface area contributed by atoms with Crippen LogP contribution in [0.5, 0.6) is 0 Å². The Morgan fingerprint density at radius 3 is 2.18 bits per heavy atom. The molecule has 4 fully saturated rings. The van der Waals surface area contributed by atoms with Crippen molar-refractivity contribution in [1.82, 2.24) is 0 Å². The second-order valence-corrected chi connectivity index (χ2v) is 6.71. The van der Waals surface area contributed by atoms with Gasteiger partial charge >= 0.3 is 0 Å². The SMILES string of the molecule is COCCCC(O)C1C2CC3CC(C2)CC1C3. The van der Waals surface area contributed by atoms with E-state index in [-0.39, 0.29) is 6.10 Å². The lowest BCUT2D eigenvalue weighted by Gasteiger charge is -2.55. The van der Waals surface area contributed by atoms with Gasteiger partial charge in [0.2, 0.25) is 0 Å². The molecule has 0 spiro atoms. The van der Waals surface area contributed by atoms with Crippen molar-refractivity contribution in [3.63, 3.8) is 0 Å². The summed E-state index contributed by atoms with van der Waals surface area (Å²) in [4.78, 5) is 0. The molecule has 4 aliphatic rings. The second-order valence-electron chi connectivity index (χ2n) is 6.71. The fourth-order valence-corrected chi connectivity index (χ4v) is 5.22. The zero-order valence-corrected chi connectivity index (χ0v) is 11.0. The number of methoxy groups -OCH3 is 1. The molecule has 0 radical (unpaired) electrons. The molecule has 0 heterocycles. The topological polar surface area (TPSA) is 29.5 Å². The first-order valence-electron chi connectivity index (χ1n) is 7.45. The molecule has 2 heteroatoms. The summed E-state index contributed by atoms with van der Waals surface area (Å²) in [5.74, 6) is 4.35. The van der Waals surface area contributed by atoms with Gasteiger partial charge in [0.05, 0.1) is 6.10 Å². The average Bonchev–Trinajstić information content (AvgIpc) is 2.27. The molecule has 0 aromatic carbocycles. The molecule has 2 nitrogen and oxygen atoms in total. The van der Waals surface area contributed by atoms with Gasteiger partial charge in [0, 0.05) is 13.7 Å². The van der Waals surface area contributed by atoms with E-state index in [1.165, 1.54) is 32.1 Å². The maximum atomic E-state index is 10.5. The normalized spacial score (nSPS) is 45.2. The molecule has 4 saturated carbocycles. The highest BCUT2D eigenvalue weighted by molar-refractivity contribution is 4.99. The van der Waals surface area contributed by atoms with Gasteiger partial charge in [-0.25, -0.2) is 0 Å². The Labute approximate surface area is 105 Å². The number of rotatable bonds is 5. The Morgan fingerprint density at radius 1 is 1.06 bits per heavy atom. The van der Waals surface area contributed by atoms with E-state index in [0.29, 0.717) is 5.92 Å². The Balaban J connectivity index is 1.59. The van der Waals surface area contributed by atoms with Crippen LogP contribution in [0.25, 0.3) is 0 Å². The molecular weight excluding hydrogens is 212 g/mol. The van der Waals surface area contributed by atoms with Gasteiger partial charge in [-0.05, 0) is 74.5 Å². The lowest BCUT2D eigenvalue weighted by molar-refractivity contribution is -0.0922. The molecule has 1 unspecified atom stereocenters. The zero-order chi connectivity index (χ0) is 11.8. The van der Waals surface area contributed by atoms with Crippen LogP contribution in [0.3, 0.4) is 0 Å². The van der Waals surface area contributed by atoms with Crippen molar-refractivity contribution >= 4 is 0 Å². The Morgan fingerprint density at radius 2 is 1.65 bits per heavy atom. The van der Waals surface area contributed by atoms with Gasteiger partial charge in [0.1, 0.15) is 0 Å². The van der Waals surface area contributed by atoms with Crippen LogP contribution in [-0.4, -0.2) is 24.9 Å². The standard InChI is InChI=1S/C15H26O2/c1-17-4-2-3-14(16)15-12-6-10-5-11(8-12)9-13(15)7-10/h10-16H,2-9H2,1H3. The quantitative estimate of drug-likeness (QED) is 0.746. The van der Waals surface area contributed by atoms with E-state index in [9.17, 15) is 5.11 Å². The smallest absolute Gasteiger partial charge is 0.0574 e. The van der Waals surface area contributed by atoms with Crippen molar-refractivity contribution in [3.8, 4) is 0 Å². The predicted molar refractivity (Wildman–Crippen MR) is 67.7 cm³/mol. The van der Waals surface area contributed by atoms with Crippen LogP contribution < -0.4 is 0 Å². The van der Waals surface area contributed by atoms with Crippen LogP contribution in [-0.2, 0) is 4.74 Å². The maximum Gasteiger partial charge on any atom is 0.0574 e. The van der Waals surface area contributed by atoms with Crippen LogP contribution in [0.2, 0.25) is 0 Å². The minimum absolute atomic E-state index is 0.0554. The predicted octanol–water partition coefficient (Wildman–Crippen LogP) is 2.85. The first-order valence-corrected chi connectivity index (χ1v) is 7.45. The minimum Gasteiger partial charge on any atom is -0.393 e. The van der Waals surface area contributed by atoms with Gasteiger partial charge in [-0.1, -0.05) is 0 Å². The summed E-state index contributed by atoms with van der Waals surface area (Å²) in [6, 6.07) is 0. The summed E-state index contributed by atoms with van der Waals surface area (Å²) in [6.07, 6.45) is 9.07. The summed E-state index contributed by atoms with van der Waals surface area (Å²) in [5.41, 5.74) is 0. The molecule has 4 rings (SSSR count). The van der Waals surface area contributed by atoms with Crippen LogP contribution in [0, 0.1) is 29.6 Å². The highest BCUT2D eigenvalue weighted by Crippen LogP contribution is 2.57. The number of aliphatic hydroxyl groups is 1. The molecule has 0 aromatic heterocycles. The molecule has 17 heavy (non-hydrogen) atoms. The first kappa shape index (κ1) is 12.0. The average molecular weight is 238 g/mol. The van der Waals surface area contributed by atoms with Gasteiger partial charge in [0.25, 0.3) is 0 Å². The minimum atomic E-state index is -0.0554. The van der Waals surface area contributed by atoms with Crippen molar-refractivity contribution in [3.05, 3.63) is 0 Å². The van der Waals surface area contributed by atoms with Crippen molar-refractivity contribution in [2.75, 3.05) is 13.7 Å². The summed E-state index contributed by atoms with van der Waals surface area (Å²) >= 11 is 0. The van der Waals surface area contributed by atoms with Crippen LogP contribution in [0.4, 0.5) is 0 Å². The fourth-order valence-electron chi connectivity index (χ4n) is 5.22. The Kier molecular flexibility index (Phi) is 3.45. The zero-order valence-electron chi connectivity index (χ0n) is 11.0. The first-order chi connectivity index (χ1) is 8.28. The third kappa shape index (κ3) is 2.26. The molecule has 1 atom stereocenters. The van der Waals surface area contributed by atoms with Crippen LogP contribution in [0.15, 0.2) is 0 Å². The lowest BCUT2D eigenvalue weighted by atomic mass is 9.50. The molecule has 0 saturated heterocycles. The van der Waals surface area contributed by atoms with E-state index in [1.807, 2.05) is 0 Å². The molecule has 4 bridgehead atoms. The highest BCUT2D eigenvalue weighted by atomic mass is 16.5. The summed E-state index contributed by atoms with van der Waals surface area (Å²) in [6.45, 7) is 0.796. The number of hydrogen-bond donors (Lipinski definition) is 1. The Bertz CT molecular complexity index is 236. The Hall–Kier alpha value is -0.0800. The number of hydrogen-bond acceptors (Lipinski definition) is 2. The summed E-state index contributed by atoms with van der Waals surface area (Å²) in [5, 5.41) is 10.5. The van der Waals surface area contributed by atoms with Crippen molar-refractivity contribution in [2.24, 2.45) is 29.6 Å². The number of ether oxygens (including phenoxy) is 1. The molecule has 0 aromatic rings. The number of aliphatic hydroxyl groups excluding tert-OH is 1. The van der Waals surface area contributed by atoms with Crippen molar-refractivity contribution < 1.29 is 9.84 Å². The summed E-state index contributed by atoms with van der Waals surface area (Å²) in [7, 11) is 1.75. The van der Waals surface area contributed by atoms with E-state index >= 15 is 0 Å². The molecular formula is C15H26O2. The van der Waals surface area contributed by atoms with E-state index in [2.05, 4.69) is 0 Å². The summed E-state index contributed by atoms with van der Waals surface area (Å²) < 4.78 is 5.09. The molecule has 4 aliphatic carbocycles. The van der Waals surface area contributed by atoms with E-state index in [4.69, 9.17) is 4.74 Å². The third-order valence-corrected chi connectivity index (χ3v) is 5.59. The van der Waals surface area contributed by atoms with Gasteiger partial charge in [-0.2, -0.15) is 0 Å². The van der Waals surface area contributed by atoms with Gasteiger partial charge in [-0.3, -0.25) is 0 Å². The van der Waals surface area contributed by atoms with Crippen LogP contribution >= 0.6 is 0 Å². The lowest BCUT2D eigenvalue weighted by Crippen LogP contribution is -2.49. The van der Waals surface area contributed by atoms with E-state index in [1.54, 1.807) is 7.11 Å². The van der Waals surface area contributed by atoms with E-state index < -0.39 is 0 Å². The van der Waals surface area contributed by atoms with Gasteiger partial charge in [0.15, 0.2) is 0 Å². The van der Waals surface area contributed by atoms with Gasteiger partial charge < -0.3 is 9.84 Å².